The van der Waals surface area contributed by atoms with E-state index >= 15 is 0 Å². The molecule has 0 spiro atoms. The predicted molar refractivity (Wildman–Crippen MR) is 146 cm³/mol. The Morgan fingerprint density at radius 2 is 1.44 bits per heavy atom. The van der Waals surface area contributed by atoms with Gasteiger partial charge >= 0.3 is 5.97 Å². The van der Waals surface area contributed by atoms with Gasteiger partial charge < -0.3 is 9.47 Å². The van der Waals surface area contributed by atoms with E-state index in [1.54, 1.807) is 7.11 Å². The van der Waals surface area contributed by atoms with Crippen LogP contribution in [0.15, 0.2) is 17.7 Å². The topological polar surface area (TPSA) is 35.5 Å². The molecule has 0 radical (unpaired) electrons. The quantitative estimate of drug-likeness (QED) is 0.137. The van der Waals surface area contributed by atoms with Crippen LogP contribution in [0.5, 0.6) is 11.5 Å². The van der Waals surface area contributed by atoms with Gasteiger partial charge in [0.15, 0.2) is 0 Å². The minimum Gasteiger partial charge on any atom is -0.496 e. The molecule has 0 aromatic heterocycles. The van der Waals surface area contributed by atoms with E-state index in [1.807, 2.05) is 19.9 Å². The van der Waals surface area contributed by atoms with Crippen molar-refractivity contribution in [3.8, 4) is 11.5 Å². The van der Waals surface area contributed by atoms with Gasteiger partial charge in [0, 0.05) is 12.5 Å². The predicted octanol–water partition coefficient (Wildman–Crippen LogP) is 9.17. The third-order valence-corrected chi connectivity index (χ3v) is 7.15. The summed E-state index contributed by atoms with van der Waals surface area (Å²) < 4.78 is 11.1. The van der Waals surface area contributed by atoms with Crippen LogP contribution in [-0.2, 0) is 11.2 Å². The molecule has 0 aliphatic carbocycles. The number of esters is 1. The first kappa shape index (κ1) is 30.3. The van der Waals surface area contributed by atoms with E-state index < -0.39 is 0 Å². The fourth-order valence-corrected chi connectivity index (χ4v) is 4.67. The minimum absolute atomic E-state index is 0.284. The summed E-state index contributed by atoms with van der Waals surface area (Å²) in [5.41, 5.74) is 4.39. The number of hydrogen-bond acceptors (Lipinski definition) is 3. The highest BCUT2D eigenvalue weighted by Gasteiger charge is 2.15. The second kappa shape index (κ2) is 16.0. The lowest BCUT2D eigenvalue weighted by Crippen LogP contribution is -2.07. The largest absolute Gasteiger partial charge is 0.496 e. The van der Waals surface area contributed by atoms with Crippen molar-refractivity contribution >= 4 is 5.97 Å². The number of rotatable bonds is 16. The number of hydrogen-bond donors (Lipinski definition) is 0. The van der Waals surface area contributed by atoms with Gasteiger partial charge in [0.2, 0.25) is 0 Å². The summed E-state index contributed by atoms with van der Waals surface area (Å²) in [6.45, 7) is 17.1. The first-order chi connectivity index (χ1) is 16.0. The lowest BCUT2D eigenvalue weighted by atomic mass is 9.91. The van der Waals surface area contributed by atoms with Gasteiger partial charge in [-0.2, -0.15) is 0 Å². The van der Waals surface area contributed by atoms with Crippen LogP contribution < -0.4 is 9.47 Å². The summed E-state index contributed by atoms with van der Waals surface area (Å²) in [5.74, 6) is 3.75. The number of benzene rings is 1. The van der Waals surface area contributed by atoms with Crippen molar-refractivity contribution in [2.24, 2.45) is 17.8 Å². The molecular formula is C31H52O3. The zero-order valence-electron chi connectivity index (χ0n) is 23.7. The molecule has 34 heavy (non-hydrogen) atoms. The summed E-state index contributed by atoms with van der Waals surface area (Å²) in [6.07, 6.45) is 14.9. The maximum absolute atomic E-state index is 11.6. The monoisotopic (exact) mass is 472 g/mol. The Bertz CT molecular complexity index is 775. The van der Waals surface area contributed by atoms with Crippen LogP contribution in [0.1, 0.15) is 116 Å². The number of ether oxygens (including phenoxy) is 2. The second-order valence-corrected chi connectivity index (χ2v) is 11.0. The summed E-state index contributed by atoms with van der Waals surface area (Å²) in [6, 6.07) is 2.01. The zero-order valence-corrected chi connectivity index (χ0v) is 23.7. The van der Waals surface area contributed by atoms with Gasteiger partial charge in [-0.3, -0.25) is 4.79 Å². The molecular weight excluding hydrogens is 420 g/mol. The molecule has 194 valence electrons. The number of allylic oxidation sites excluding steroid dienone is 2. The molecule has 1 aromatic carbocycles. The molecule has 0 unspecified atom stereocenters. The smallest absolute Gasteiger partial charge is 0.308 e. The Balaban J connectivity index is 2.48. The Hall–Kier alpha value is -1.77. The molecule has 1 rings (SSSR count). The van der Waals surface area contributed by atoms with Gasteiger partial charge in [0.1, 0.15) is 11.5 Å². The molecule has 0 bridgehead atoms. The van der Waals surface area contributed by atoms with Crippen LogP contribution in [0, 0.1) is 31.6 Å². The highest BCUT2D eigenvalue weighted by molar-refractivity contribution is 5.71. The van der Waals surface area contributed by atoms with E-state index in [0.717, 1.165) is 53.0 Å². The molecule has 1 aromatic rings. The maximum atomic E-state index is 11.6. The molecule has 0 saturated carbocycles. The van der Waals surface area contributed by atoms with Crippen LogP contribution in [-0.4, -0.2) is 13.1 Å². The van der Waals surface area contributed by atoms with E-state index in [4.69, 9.17) is 9.47 Å². The normalized spacial score (nSPS) is 13.8. The standard InChI is InChI=1S/C31H52O3/c1-22(2)13-10-14-23(3)15-11-16-24(4)17-12-18-25(5)19-20-29-21-30(33-9)26(6)27(7)31(29)34-28(8)32/h19,21-24H,10-18,20H2,1-9H3/t23-,24-/m1/s1. The van der Waals surface area contributed by atoms with Crippen molar-refractivity contribution < 1.29 is 14.3 Å². The maximum Gasteiger partial charge on any atom is 0.308 e. The number of carbonyl (C=O) groups excluding carboxylic acids is 1. The van der Waals surface area contributed by atoms with Crippen LogP contribution in [0.2, 0.25) is 0 Å². The van der Waals surface area contributed by atoms with Crippen molar-refractivity contribution in [1.29, 1.82) is 0 Å². The number of carbonyl (C=O) groups is 1. The van der Waals surface area contributed by atoms with Crippen molar-refractivity contribution in [1.82, 2.24) is 0 Å². The average molecular weight is 473 g/mol. The lowest BCUT2D eigenvalue weighted by molar-refractivity contribution is -0.132. The third kappa shape index (κ3) is 11.6. The van der Waals surface area contributed by atoms with Crippen molar-refractivity contribution in [3.05, 3.63) is 34.4 Å². The molecule has 0 saturated heterocycles. The average Bonchev–Trinajstić information content (AvgIpc) is 2.76. The molecule has 0 fully saturated rings. The van der Waals surface area contributed by atoms with Gasteiger partial charge in [-0.25, -0.2) is 0 Å². The Morgan fingerprint density at radius 3 is 1.97 bits per heavy atom. The van der Waals surface area contributed by atoms with E-state index in [-0.39, 0.29) is 5.97 Å². The van der Waals surface area contributed by atoms with Crippen LogP contribution in [0.3, 0.4) is 0 Å². The Kier molecular flexibility index (Phi) is 14.2. The SMILES string of the molecule is COc1cc(CC=C(C)CCC[C@H](C)CCC[C@H](C)CCCC(C)C)c(OC(C)=O)c(C)c1C. The second-order valence-electron chi connectivity index (χ2n) is 11.0. The summed E-state index contributed by atoms with van der Waals surface area (Å²) in [7, 11) is 1.69. The minimum atomic E-state index is -0.284. The van der Waals surface area contributed by atoms with E-state index in [1.165, 1.54) is 63.9 Å². The zero-order chi connectivity index (χ0) is 25.7. The van der Waals surface area contributed by atoms with Gasteiger partial charge in [-0.15, -0.1) is 0 Å². The van der Waals surface area contributed by atoms with Gasteiger partial charge in [-0.05, 0) is 75.0 Å². The molecule has 0 aliphatic heterocycles. The summed E-state index contributed by atoms with van der Waals surface area (Å²) >= 11 is 0. The van der Waals surface area contributed by atoms with E-state index in [0.29, 0.717) is 5.75 Å². The van der Waals surface area contributed by atoms with E-state index in [9.17, 15) is 4.79 Å². The Morgan fingerprint density at radius 1 is 0.882 bits per heavy atom. The van der Waals surface area contributed by atoms with Crippen molar-refractivity contribution in [3.63, 3.8) is 0 Å². The molecule has 0 amide bonds. The molecule has 0 aliphatic rings. The molecule has 2 atom stereocenters. The van der Waals surface area contributed by atoms with E-state index in [2.05, 4.69) is 40.7 Å². The molecule has 0 heterocycles. The van der Waals surface area contributed by atoms with Gasteiger partial charge in [-0.1, -0.05) is 84.3 Å². The first-order valence-electron chi connectivity index (χ1n) is 13.6. The van der Waals surface area contributed by atoms with Crippen molar-refractivity contribution in [2.75, 3.05) is 7.11 Å². The highest BCUT2D eigenvalue weighted by Crippen LogP contribution is 2.34. The van der Waals surface area contributed by atoms with Crippen LogP contribution in [0.25, 0.3) is 0 Å². The first-order valence-corrected chi connectivity index (χ1v) is 13.6. The Labute approximate surface area is 210 Å². The fourth-order valence-electron chi connectivity index (χ4n) is 4.67. The van der Waals surface area contributed by atoms with Gasteiger partial charge in [0.05, 0.1) is 7.11 Å². The van der Waals surface area contributed by atoms with Crippen LogP contribution in [0.4, 0.5) is 0 Å². The van der Waals surface area contributed by atoms with Crippen molar-refractivity contribution in [2.45, 2.75) is 120 Å². The summed E-state index contributed by atoms with van der Waals surface area (Å²) in [5, 5.41) is 0. The molecule has 0 N–H and O–H groups in total. The fraction of sp³-hybridized carbons (Fsp3) is 0.710. The lowest BCUT2D eigenvalue weighted by Gasteiger charge is -2.17. The molecule has 3 heteroatoms. The molecule has 3 nitrogen and oxygen atoms in total. The third-order valence-electron chi connectivity index (χ3n) is 7.15. The summed E-state index contributed by atoms with van der Waals surface area (Å²) in [4.78, 5) is 11.6. The van der Waals surface area contributed by atoms with Gasteiger partial charge in [0.25, 0.3) is 0 Å². The number of methoxy groups -OCH3 is 1. The van der Waals surface area contributed by atoms with Crippen LogP contribution >= 0.6 is 0 Å². The highest BCUT2D eigenvalue weighted by atomic mass is 16.5.